The molecule has 2 rings (SSSR count). The second-order valence-corrected chi connectivity index (χ2v) is 6.81. The van der Waals surface area contributed by atoms with Gasteiger partial charge >= 0.3 is 0 Å². The van der Waals surface area contributed by atoms with Gasteiger partial charge in [-0.15, -0.1) is 0 Å². The molecule has 0 radical (unpaired) electrons. The Morgan fingerprint density at radius 2 is 1.90 bits per heavy atom. The summed E-state index contributed by atoms with van der Waals surface area (Å²) >= 11 is 0. The van der Waals surface area contributed by atoms with Crippen LogP contribution in [0.3, 0.4) is 0 Å². The first-order valence-corrected chi connectivity index (χ1v) is 8.28. The van der Waals surface area contributed by atoms with Crippen molar-refractivity contribution in [2.24, 2.45) is 11.8 Å². The van der Waals surface area contributed by atoms with Crippen molar-refractivity contribution in [2.45, 2.75) is 53.0 Å². The SMILES string of the molecule is CNCc1nc(C(C)C)ncc1N1CCC(C(C)C)CC1. The molecule has 0 bridgehead atoms. The average molecular weight is 290 g/mol. The van der Waals surface area contributed by atoms with Gasteiger partial charge in [0.15, 0.2) is 0 Å². The largest absolute Gasteiger partial charge is 0.369 e. The zero-order chi connectivity index (χ0) is 15.4. The fraction of sp³-hybridized carbons (Fsp3) is 0.765. The lowest BCUT2D eigenvalue weighted by atomic mass is 9.86. The van der Waals surface area contributed by atoms with Crippen LogP contribution < -0.4 is 10.2 Å². The molecule has 0 saturated carbocycles. The van der Waals surface area contributed by atoms with Crippen molar-refractivity contribution in [3.05, 3.63) is 17.7 Å². The zero-order valence-electron chi connectivity index (χ0n) is 14.2. The van der Waals surface area contributed by atoms with Gasteiger partial charge < -0.3 is 10.2 Å². The minimum Gasteiger partial charge on any atom is -0.369 e. The van der Waals surface area contributed by atoms with Crippen LogP contribution in [0.1, 0.15) is 58.0 Å². The summed E-state index contributed by atoms with van der Waals surface area (Å²) in [6.45, 7) is 12.0. The molecule has 0 aliphatic carbocycles. The van der Waals surface area contributed by atoms with Crippen molar-refractivity contribution in [1.82, 2.24) is 15.3 Å². The first-order valence-electron chi connectivity index (χ1n) is 8.28. The third kappa shape index (κ3) is 3.94. The molecular formula is C17H30N4. The molecule has 1 saturated heterocycles. The predicted molar refractivity (Wildman–Crippen MR) is 88.7 cm³/mol. The minimum atomic E-state index is 0.376. The molecule has 0 atom stereocenters. The topological polar surface area (TPSA) is 41.1 Å². The molecule has 4 nitrogen and oxygen atoms in total. The van der Waals surface area contributed by atoms with Crippen molar-refractivity contribution >= 4 is 5.69 Å². The Labute approximate surface area is 129 Å². The summed E-state index contributed by atoms with van der Waals surface area (Å²) in [7, 11) is 1.98. The van der Waals surface area contributed by atoms with Gasteiger partial charge in [-0.05, 0) is 31.7 Å². The van der Waals surface area contributed by atoms with E-state index in [0.717, 1.165) is 43.0 Å². The van der Waals surface area contributed by atoms with E-state index in [0.29, 0.717) is 5.92 Å². The van der Waals surface area contributed by atoms with Gasteiger partial charge in [-0.3, -0.25) is 0 Å². The van der Waals surface area contributed by atoms with E-state index in [1.807, 2.05) is 13.2 Å². The highest BCUT2D eigenvalue weighted by molar-refractivity contribution is 5.49. The molecule has 1 N–H and O–H groups in total. The minimum absolute atomic E-state index is 0.376. The number of hydrogen-bond acceptors (Lipinski definition) is 4. The molecule has 2 heterocycles. The van der Waals surface area contributed by atoms with Gasteiger partial charge in [-0.1, -0.05) is 27.7 Å². The smallest absolute Gasteiger partial charge is 0.131 e. The van der Waals surface area contributed by atoms with E-state index in [4.69, 9.17) is 4.98 Å². The second kappa shape index (κ2) is 7.21. The molecule has 0 spiro atoms. The van der Waals surface area contributed by atoms with E-state index >= 15 is 0 Å². The highest BCUT2D eigenvalue weighted by Gasteiger charge is 2.23. The number of nitrogens with one attached hydrogen (secondary N) is 1. The number of nitrogens with zero attached hydrogens (tertiary/aromatic N) is 3. The number of piperidine rings is 1. The Morgan fingerprint density at radius 3 is 2.43 bits per heavy atom. The predicted octanol–water partition coefficient (Wildman–Crippen LogP) is 3.19. The van der Waals surface area contributed by atoms with Crippen LogP contribution in [0.2, 0.25) is 0 Å². The third-order valence-corrected chi connectivity index (χ3v) is 4.55. The Kier molecular flexibility index (Phi) is 5.57. The second-order valence-electron chi connectivity index (χ2n) is 6.81. The summed E-state index contributed by atoms with van der Waals surface area (Å²) in [5.74, 6) is 2.98. The van der Waals surface area contributed by atoms with Crippen LogP contribution in [0.5, 0.6) is 0 Å². The van der Waals surface area contributed by atoms with Crippen molar-refractivity contribution in [2.75, 3.05) is 25.0 Å². The molecule has 1 aromatic rings. The monoisotopic (exact) mass is 290 g/mol. The summed E-state index contributed by atoms with van der Waals surface area (Å²) in [6, 6.07) is 0. The molecule has 0 unspecified atom stereocenters. The quantitative estimate of drug-likeness (QED) is 0.904. The van der Waals surface area contributed by atoms with Gasteiger partial charge in [0, 0.05) is 25.6 Å². The lowest BCUT2D eigenvalue weighted by molar-refractivity contribution is 0.311. The van der Waals surface area contributed by atoms with Crippen molar-refractivity contribution in [3.63, 3.8) is 0 Å². The fourth-order valence-electron chi connectivity index (χ4n) is 3.07. The lowest BCUT2D eigenvalue weighted by Crippen LogP contribution is -2.36. The molecule has 4 heteroatoms. The van der Waals surface area contributed by atoms with Crippen molar-refractivity contribution < 1.29 is 0 Å². The van der Waals surface area contributed by atoms with E-state index in [9.17, 15) is 0 Å². The summed E-state index contributed by atoms with van der Waals surface area (Å²) in [6.07, 6.45) is 4.59. The van der Waals surface area contributed by atoms with Crippen LogP contribution in [0.15, 0.2) is 6.20 Å². The molecule has 1 fully saturated rings. The van der Waals surface area contributed by atoms with Gasteiger partial charge in [0.1, 0.15) is 5.82 Å². The molecule has 118 valence electrons. The summed E-state index contributed by atoms with van der Waals surface area (Å²) in [5, 5.41) is 3.24. The lowest BCUT2D eigenvalue weighted by Gasteiger charge is -2.36. The molecule has 1 aliphatic rings. The number of hydrogen-bond donors (Lipinski definition) is 1. The van der Waals surface area contributed by atoms with Crippen LogP contribution in [0.25, 0.3) is 0 Å². The highest BCUT2D eigenvalue weighted by atomic mass is 15.2. The van der Waals surface area contributed by atoms with E-state index in [2.05, 4.69) is 42.9 Å². The van der Waals surface area contributed by atoms with E-state index in [1.165, 1.54) is 18.5 Å². The Balaban J connectivity index is 2.15. The van der Waals surface area contributed by atoms with Gasteiger partial charge in [0.2, 0.25) is 0 Å². The normalized spacial score (nSPS) is 17.0. The Morgan fingerprint density at radius 1 is 1.24 bits per heavy atom. The fourth-order valence-corrected chi connectivity index (χ4v) is 3.07. The van der Waals surface area contributed by atoms with Crippen molar-refractivity contribution in [1.29, 1.82) is 0 Å². The van der Waals surface area contributed by atoms with Crippen LogP contribution in [0.4, 0.5) is 5.69 Å². The molecular weight excluding hydrogens is 260 g/mol. The number of anilines is 1. The van der Waals surface area contributed by atoms with Crippen LogP contribution in [-0.4, -0.2) is 30.1 Å². The van der Waals surface area contributed by atoms with E-state index < -0.39 is 0 Å². The first-order chi connectivity index (χ1) is 10.0. The van der Waals surface area contributed by atoms with Crippen molar-refractivity contribution in [3.8, 4) is 0 Å². The van der Waals surface area contributed by atoms with Crippen LogP contribution in [-0.2, 0) is 6.54 Å². The molecule has 0 amide bonds. The maximum Gasteiger partial charge on any atom is 0.131 e. The average Bonchev–Trinajstić information content (AvgIpc) is 2.47. The Hall–Kier alpha value is -1.16. The van der Waals surface area contributed by atoms with Gasteiger partial charge in [0.05, 0.1) is 17.6 Å². The van der Waals surface area contributed by atoms with E-state index in [1.54, 1.807) is 0 Å². The van der Waals surface area contributed by atoms with Gasteiger partial charge in [0.25, 0.3) is 0 Å². The van der Waals surface area contributed by atoms with Gasteiger partial charge in [-0.2, -0.15) is 0 Å². The number of rotatable bonds is 5. The third-order valence-electron chi connectivity index (χ3n) is 4.55. The molecule has 1 aromatic heterocycles. The maximum atomic E-state index is 4.78. The molecule has 0 aromatic carbocycles. The number of aromatic nitrogens is 2. The molecule has 21 heavy (non-hydrogen) atoms. The van der Waals surface area contributed by atoms with Gasteiger partial charge in [-0.25, -0.2) is 9.97 Å². The van der Waals surface area contributed by atoms with E-state index in [-0.39, 0.29) is 0 Å². The zero-order valence-corrected chi connectivity index (χ0v) is 14.2. The standard InChI is InChI=1S/C17H30N4/c1-12(2)14-6-8-21(9-7-14)16-11-19-17(13(3)4)20-15(16)10-18-5/h11-14,18H,6-10H2,1-5H3. The summed E-state index contributed by atoms with van der Waals surface area (Å²) in [5.41, 5.74) is 2.36. The Bertz CT molecular complexity index is 448. The summed E-state index contributed by atoms with van der Waals surface area (Å²) < 4.78 is 0. The van der Waals surface area contributed by atoms with Crippen LogP contribution in [0, 0.1) is 11.8 Å². The first kappa shape index (κ1) is 16.2. The van der Waals surface area contributed by atoms with Crippen LogP contribution >= 0.6 is 0 Å². The highest BCUT2D eigenvalue weighted by Crippen LogP contribution is 2.29. The molecule has 1 aliphatic heterocycles. The maximum absolute atomic E-state index is 4.78. The summed E-state index contributed by atoms with van der Waals surface area (Å²) in [4.78, 5) is 11.8.